The van der Waals surface area contributed by atoms with Crippen molar-refractivity contribution in [1.82, 2.24) is 19.5 Å². The summed E-state index contributed by atoms with van der Waals surface area (Å²) in [6.07, 6.45) is 5.50. The van der Waals surface area contributed by atoms with E-state index >= 15 is 0 Å². The molecule has 0 spiro atoms. The van der Waals surface area contributed by atoms with Crippen LogP contribution in [-0.2, 0) is 0 Å². The van der Waals surface area contributed by atoms with Crippen LogP contribution in [0.5, 0.6) is 0 Å². The first-order valence-corrected chi connectivity index (χ1v) is 5.27. The largest absolute Gasteiger partial charge is 0.389 e. The maximum absolute atomic E-state index is 9.48. The van der Waals surface area contributed by atoms with Crippen LogP contribution >= 0.6 is 12.4 Å². The number of halogens is 1. The summed E-state index contributed by atoms with van der Waals surface area (Å²) < 4.78 is 1.84. The Kier molecular flexibility index (Phi) is 3.10. The van der Waals surface area contributed by atoms with Crippen LogP contribution in [0.4, 0.5) is 11.8 Å². The average Bonchev–Trinajstić information content (AvgIpc) is 2.83. The summed E-state index contributed by atoms with van der Waals surface area (Å²) in [6, 6.07) is 0.0312. The number of fused-ring (bicyclic) bond motifs is 1. The molecule has 0 saturated heterocycles. The summed E-state index contributed by atoms with van der Waals surface area (Å²) >= 11 is 0. The van der Waals surface area contributed by atoms with Crippen LogP contribution < -0.4 is 11.5 Å². The van der Waals surface area contributed by atoms with Gasteiger partial charge >= 0.3 is 0 Å². The standard InChI is InChI=1S/C10H12N6O.ClH/c11-8-7-9(15-10(12)14-8)16(4-13-7)5-1-2-6(17)3-5;/h1-2,4-6,17H,3H2,(H4,11,12,14,15);1H. The maximum Gasteiger partial charge on any atom is 0.224 e. The molecule has 0 aliphatic heterocycles. The van der Waals surface area contributed by atoms with Gasteiger partial charge in [0.15, 0.2) is 11.5 Å². The van der Waals surface area contributed by atoms with Crippen molar-refractivity contribution in [3.05, 3.63) is 18.5 Å². The number of allylic oxidation sites excluding steroid dienone is 1. The van der Waals surface area contributed by atoms with Crippen molar-refractivity contribution in [1.29, 1.82) is 0 Å². The van der Waals surface area contributed by atoms with Crippen molar-refractivity contribution < 1.29 is 5.11 Å². The van der Waals surface area contributed by atoms with Crippen LogP contribution in [0.15, 0.2) is 18.5 Å². The van der Waals surface area contributed by atoms with E-state index in [9.17, 15) is 5.11 Å². The van der Waals surface area contributed by atoms with Crippen molar-refractivity contribution in [2.45, 2.75) is 18.6 Å². The van der Waals surface area contributed by atoms with Gasteiger partial charge in [0.05, 0.1) is 18.5 Å². The Balaban J connectivity index is 0.00000120. The lowest BCUT2D eigenvalue weighted by atomic mass is 10.2. The third-order valence-electron chi connectivity index (χ3n) is 2.86. The molecule has 0 saturated carbocycles. The molecule has 18 heavy (non-hydrogen) atoms. The molecule has 0 radical (unpaired) electrons. The van der Waals surface area contributed by atoms with Crippen LogP contribution in [0.3, 0.4) is 0 Å². The summed E-state index contributed by atoms with van der Waals surface area (Å²) in [5.74, 6) is 0.396. The molecule has 1 aliphatic carbocycles. The van der Waals surface area contributed by atoms with Crippen molar-refractivity contribution >= 4 is 35.3 Å². The van der Waals surface area contributed by atoms with Crippen molar-refractivity contribution in [2.24, 2.45) is 0 Å². The summed E-state index contributed by atoms with van der Waals surface area (Å²) in [6.45, 7) is 0. The van der Waals surface area contributed by atoms with E-state index in [0.717, 1.165) is 0 Å². The fourth-order valence-electron chi connectivity index (χ4n) is 2.07. The smallest absolute Gasteiger partial charge is 0.224 e. The Morgan fingerprint density at radius 3 is 2.72 bits per heavy atom. The fraction of sp³-hybridized carbons (Fsp3) is 0.300. The number of imidazole rings is 1. The van der Waals surface area contributed by atoms with Gasteiger partial charge in [-0.25, -0.2) is 4.98 Å². The number of rotatable bonds is 1. The summed E-state index contributed by atoms with van der Waals surface area (Å²) in [5, 5.41) is 9.48. The van der Waals surface area contributed by atoms with Gasteiger partial charge in [-0.3, -0.25) is 0 Å². The molecular weight excluding hydrogens is 256 g/mol. The number of hydrogen-bond donors (Lipinski definition) is 3. The van der Waals surface area contributed by atoms with Crippen LogP contribution in [0.2, 0.25) is 0 Å². The summed E-state index contributed by atoms with van der Waals surface area (Å²) in [4.78, 5) is 12.2. The Bertz CT molecular complexity index is 610. The normalized spacial score (nSPS) is 22.3. The molecule has 2 aromatic rings. The lowest BCUT2D eigenvalue weighted by molar-refractivity contribution is 0.211. The number of aliphatic hydroxyl groups excluding tert-OH is 1. The number of hydrogen-bond acceptors (Lipinski definition) is 6. The van der Waals surface area contributed by atoms with Crippen molar-refractivity contribution in [2.75, 3.05) is 11.5 Å². The highest BCUT2D eigenvalue weighted by Crippen LogP contribution is 2.27. The second kappa shape index (κ2) is 4.43. The molecule has 0 bridgehead atoms. The number of nitrogen functional groups attached to an aromatic ring is 2. The van der Waals surface area contributed by atoms with Crippen LogP contribution in [-0.4, -0.2) is 30.7 Å². The molecule has 2 aromatic heterocycles. The Morgan fingerprint density at radius 2 is 2.06 bits per heavy atom. The molecular formula is C10H13ClN6O. The van der Waals surface area contributed by atoms with E-state index in [1.54, 1.807) is 12.4 Å². The van der Waals surface area contributed by atoms with E-state index in [-0.39, 0.29) is 30.2 Å². The Morgan fingerprint density at radius 1 is 1.28 bits per heavy atom. The summed E-state index contributed by atoms with van der Waals surface area (Å²) in [7, 11) is 0. The first kappa shape index (κ1) is 12.6. The van der Waals surface area contributed by atoms with Crippen LogP contribution in [0, 0.1) is 0 Å². The maximum atomic E-state index is 9.48. The van der Waals surface area contributed by atoms with Gasteiger partial charge in [0, 0.05) is 6.42 Å². The van der Waals surface area contributed by atoms with E-state index in [0.29, 0.717) is 17.6 Å². The minimum Gasteiger partial charge on any atom is -0.389 e. The first-order chi connectivity index (χ1) is 8.15. The van der Waals surface area contributed by atoms with E-state index in [1.165, 1.54) is 0 Å². The zero-order valence-corrected chi connectivity index (χ0v) is 10.2. The van der Waals surface area contributed by atoms with E-state index in [4.69, 9.17) is 11.5 Å². The zero-order valence-electron chi connectivity index (χ0n) is 9.39. The highest BCUT2D eigenvalue weighted by Gasteiger charge is 2.21. The van der Waals surface area contributed by atoms with E-state index < -0.39 is 6.10 Å². The Labute approximate surface area is 109 Å². The molecule has 2 heterocycles. The molecule has 7 nitrogen and oxygen atoms in total. The molecule has 2 atom stereocenters. The first-order valence-electron chi connectivity index (χ1n) is 5.27. The van der Waals surface area contributed by atoms with Gasteiger partial charge in [-0.05, 0) is 0 Å². The average molecular weight is 269 g/mol. The van der Waals surface area contributed by atoms with E-state index in [1.807, 2.05) is 10.6 Å². The number of anilines is 2. The molecule has 5 N–H and O–H groups in total. The second-order valence-corrected chi connectivity index (χ2v) is 4.05. The quantitative estimate of drug-likeness (QED) is 0.640. The number of aromatic nitrogens is 4. The monoisotopic (exact) mass is 268 g/mol. The van der Waals surface area contributed by atoms with E-state index in [2.05, 4.69) is 15.0 Å². The zero-order chi connectivity index (χ0) is 12.0. The molecule has 1 aliphatic rings. The Hall–Kier alpha value is -1.86. The fourth-order valence-corrected chi connectivity index (χ4v) is 2.07. The molecule has 96 valence electrons. The molecule has 0 fully saturated rings. The highest BCUT2D eigenvalue weighted by atomic mass is 35.5. The molecule has 0 amide bonds. The predicted octanol–water partition coefficient (Wildman–Crippen LogP) is 0.274. The van der Waals surface area contributed by atoms with Crippen LogP contribution in [0.1, 0.15) is 12.5 Å². The lowest BCUT2D eigenvalue weighted by Gasteiger charge is -2.11. The lowest BCUT2D eigenvalue weighted by Crippen LogP contribution is -2.09. The molecule has 2 unspecified atom stereocenters. The number of nitrogens with two attached hydrogens (primary N) is 2. The van der Waals surface area contributed by atoms with Crippen molar-refractivity contribution in [3.8, 4) is 0 Å². The minimum absolute atomic E-state index is 0. The van der Waals surface area contributed by atoms with Gasteiger partial charge in [0.25, 0.3) is 0 Å². The van der Waals surface area contributed by atoms with Gasteiger partial charge in [-0.2, -0.15) is 9.97 Å². The number of nitrogens with zero attached hydrogens (tertiary/aromatic N) is 4. The van der Waals surface area contributed by atoms with Gasteiger partial charge in [0.2, 0.25) is 5.95 Å². The van der Waals surface area contributed by atoms with Gasteiger partial charge in [-0.15, -0.1) is 12.4 Å². The topological polar surface area (TPSA) is 116 Å². The molecule has 0 aromatic carbocycles. The third-order valence-corrected chi connectivity index (χ3v) is 2.86. The summed E-state index contributed by atoms with van der Waals surface area (Å²) in [5.41, 5.74) is 12.4. The molecule has 8 heteroatoms. The third kappa shape index (κ3) is 1.87. The molecule has 3 rings (SSSR count). The van der Waals surface area contributed by atoms with Gasteiger partial charge < -0.3 is 21.1 Å². The minimum atomic E-state index is -0.422. The highest BCUT2D eigenvalue weighted by molar-refractivity contribution is 5.85. The van der Waals surface area contributed by atoms with Crippen molar-refractivity contribution in [3.63, 3.8) is 0 Å². The van der Waals surface area contributed by atoms with Gasteiger partial charge in [0.1, 0.15) is 5.52 Å². The van der Waals surface area contributed by atoms with Crippen LogP contribution in [0.25, 0.3) is 11.2 Å². The van der Waals surface area contributed by atoms with Gasteiger partial charge in [-0.1, -0.05) is 12.2 Å². The predicted molar refractivity (Wildman–Crippen MR) is 70.2 cm³/mol. The number of aliphatic hydroxyl groups is 1. The second-order valence-electron chi connectivity index (χ2n) is 4.05. The SMILES string of the molecule is Cl.Nc1nc(N)c2ncn(C3C=CC(O)C3)c2n1.